The van der Waals surface area contributed by atoms with E-state index in [9.17, 15) is 9.59 Å². The van der Waals surface area contributed by atoms with Gasteiger partial charge in [-0.05, 0) is 34.5 Å². The Bertz CT molecular complexity index is 704. The summed E-state index contributed by atoms with van der Waals surface area (Å²) in [5.74, 6) is -0.946. The third-order valence-electron chi connectivity index (χ3n) is 2.70. The fourth-order valence-corrected chi connectivity index (χ4v) is 2.32. The molecule has 0 saturated carbocycles. The molecule has 0 saturated heterocycles. The highest BCUT2D eigenvalue weighted by atomic mass is 79.9. The standard InChI is InChI=1S/C13H12BrClN4O3/c14-10-7-9(13(22)17-6-2-4-11(20)21)19(18-10)12-8(15)3-1-5-16-12/h1,3,5,7H,2,4,6H2,(H,17,22)(H,20,21). The molecule has 0 bridgehead atoms. The van der Waals surface area contributed by atoms with Crippen LogP contribution in [0.25, 0.3) is 5.82 Å². The smallest absolute Gasteiger partial charge is 0.303 e. The summed E-state index contributed by atoms with van der Waals surface area (Å²) in [7, 11) is 0. The lowest BCUT2D eigenvalue weighted by molar-refractivity contribution is -0.137. The van der Waals surface area contributed by atoms with Gasteiger partial charge in [-0.2, -0.15) is 5.10 Å². The maximum atomic E-state index is 12.2. The van der Waals surface area contributed by atoms with Crippen molar-refractivity contribution in [2.45, 2.75) is 12.8 Å². The molecule has 0 aliphatic carbocycles. The zero-order valence-corrected chi connectivity index (χ0v) is 13.6. The van der Waals surface area contributed by atoms with Crippen LogP contribution in [0.4, 0.5) is 0 Å². The van der Waals surface area contributed by atoms with Crippen LogP contribution in [-0.2, 0) is 4.79 Å². The molecule has 0 unspecified atom stereocenters. The van der Waals surface area contributed by atoms with Gasteiger partial charge in [-0.25, -0.2) is 9.67 Å². The monoisotopic (exact) mass is 386 g/mol. The average Bonchev–Trinajstić information content (AvgIpc) is 2.85. The summed E-state index contributed by atoms with van der Waals surface area (Å²) in [6.07, 6.45) is 1.89. The molecule has 0 radical (unpaired) electrons. The van der Waals surface area contributed by atoms with Gasteiger partial charge in [0.2, 0.25) is 0 Å². The minimum atomic E-state index is -0.901. The summed E-state index contributed by atoms with van der Waals surface area (Å²) in [5, 5.41) is 15.7. The van der Waals surface area contributed by atoms with E-state index < -0.39 is 5.97 Å². The molecular formula is C13H12BrClN4O3. The van der Waals surface area contributed by atoms with Crippen molar-refractivity contribution >= 4 is 39.4 Å². The molecule has 0 aliphatic rings. The van der Waals surface area contributed by atoms with Crippen molar-refractivity contribution in [2.24, 2.45) is 0 Å². The number of rotatable bonds is 6. The summed E-state index contributed by atoms with van der Waals surface area (Å²) >= 11 is 9.28. The van der Waals surface area contributed by atoms with Gasteiger partial charge >= 0.3 is 5.97 Å². The number of carboxylic acids is 1. The summed E-state index contributed by atoms with van der Waals surface area (Å²) in [6.45, 7) is 0.254. The maximum Gasteiger partial charge on any atom is 0.303 e. The fraction of sp³-hybridized carbons (Fsp3) is 0.231. The molecule has 2 heterocycles. The Morgan fingerprint density at radius 3 is 2.91 bits per heavy atom. The summed E-state index contributed by atoms with van der Waals surface area (Å²) < 4.78 is 1.80. The Balaban J connectivity index is 2.16. The third kappa shape index (κ3) is 4.05. The number of nitrogens with one attached hydrogen (secondary N) is 1. The van der Waals surface area contributed by atoms with Gasteiger partial charge in [-0.15, -0.1) is 0 Å². The highest BCUT2D eigenvalue weighted by Crippen LogP contribution is 2.21. The average molecular weight is 388 g/mol. The van der Waals surface area contributed by atoms with Crippen molar-refractivity contribution in [3.63, 3.8) is 0 Å². The highest BCUT2D eigenvalue weighted by Gasteiger charge is 2.18. The Morgan fingerprint density at radius 2 is 2.23 bits per heavy atom. The van der Waals surface area contributed by atoms with Crippen LogP contribution < -0.4 is 5.32 Å². The van der Waals surface area contributed by atoms with Crippen molar-refractivity contribution in [1.82, 2.24) is 20.1 Å². The van der Waals surface area contributed by atoms with Crippen molar-refractivity contribution in [1.29, 1.82) is 0 Å². The zero-order valence-electron chi connectivity index (χ0n) is 11.3. The third-order valence-corrected chi connectivity index (χ3v) is 3.39. The molecule has 0 atom stereocenters. The van der Waals surface area contributed by atoms with E-state index in [0.717, 1.165) is 0 Å². The fourth-order valence-electron chi connectivity index (χ4n) is 1.74. The molecule has 7 nitrogen and oxygen atoms in total. The first-order valence-corrected chi connectivity index (χ1v) is 7.52. The number of pyridine rings is 1. The van der Waals surface area contributed by atoms with Crippen LogP contribution in [0.2, 0.25) is 5.02 Å². The molecule has 116 valence electrons. The van der Waals surface area contributed by atoms with E-state index in [0.29, 0.717) is 21.9 Å². The van der Waals surface area contributed by atoms with Gasteiger partial charge in [0, 0.05) is 25.2 Å². The molecule has 2 N–H and O–H groups in total. The number of carbonyl (C=O) groups is 2. The maximum absolute atomic E-state index is 12.2. The molecule has 2 aromatic heterocycles. The van der Waals surface area contributed by atoms with Crippen LogP contribution >= 0.6 is 27.5 Å². The van der Waals surface area contributed by atoms with E-state index in [1.54, 1.807) is 18.3 Å². The van der Waals surface area contributed by atoms with E-state index in [2.05, 4.69) is 31.3 Å². The first-order valence-electron chi connectivity index (χ1n) is 6.35. The lowest BCUT2D eigenvalue weighted by Gasteiger charge is -2.08. The van der Waals surface area contributed by atoms with Crippen LogP contribution in [-0.4, -0.2) is 38.3 Å². The largest absolute Gasteiger partial charge is 0.481 e. The highest BCUT2D eigenvalue weighted by molar-refractivity contribution is 9.10. The number of aromatic nitrogens is 3. The molecule has 2 aromatic rings. The van der Waals surface area contributed by atoms with Gasteiger partial charge in [-0.3, -0.25) is 9.59 Å². The van der Waals surface area contributed by atoms with Crippen molar-refractivity contribution < 1.29 is 14.7 Å². The van der Waals surface area contributed by atoms with Gasteiger partial charge in [-0.1, -0.05) is 11.6 Å². The number of halogens is 2. The van der Waals surface area contributed by atoms with Gasteiger partial charge in [0.15, 0.2) is 5.82 Å². The molecule has 2 rings (SSSR count). The molecule has 0 aromatic carbocycles. The lowest BCUT2D eigenvalue weighted by atomic mass is 10.3. The van der Waals surface area contributed by atoms with Gasteiger partial charge < -0.3 is 10.4 Å². The second-order valence-electron chi connectivity index (χ2n) is 4.33. The van der Waals surface area contributed by atoms with Crippen LogP contribution in [0.3, 0.4) is 0 Å². The number of hydrogen-bond donors (Lipinski definition) is 2. The molecular weight excluding hydrogens is 376 g/mol. The van der Waals surface area contributed by atoms with Crippen molar-refractivity contribution in [2.75, 3.05) is 6.54 Å². The topological polar surface area (TPSA) is 97.1 Å². The van der Waals surface area contributed by atoms with Crippen molar-refractivity contribution in [3.05, 3.63) is 39.7 Å². The molecule has 0 aliphatic heterocycles. The Hall–Kier alpha value is -1.93. The predicted octanol–water partition coefficient (Wildman–Crippen LogP) is 2.28. The second kappa shape index (κ2) is 7.37. The minimum Gasteiger partial charge on any atom is -0.481 e. The number of nitrogens with zero attached hydrogens (tertiary/aromatic N) is 3. The number of amides is 1. The first kappa shape index (κ1) is 16.4. The van der Waals surface area contributed by atoms with E-state index in [4.69, 9.17) is 16.7 Å². The van der Waals surface area contributed by atoms with E-state index in [1.807, 2.05) is 0 Å². The van der Waals surface area contributed by atoms with E-state index in [-0.39, 0.29) is 24.6 Å². The molecule has 0 fully saturated rings. The molecule has 9 heteroatoms. The van der Waals surface area contributed by atoms with Crippen molar-refractivity contribution in [3.8, 4) is 5.82 Å². The normalized spacial score (nSPS) is 10.5. The van der Waals surface area contributed by atoms with Gasteiger partial charge in [0.05, 0.1) is 5.02 Å². The Labute approximate surface area is 139 Å². The number of carboxylic acid groups (broad SMARTS) is 1. The van der Waals surface area contributed by atoms with Gasteiger partial charge in [0.1, 0.15) is 10.3 Å². The Morgan fingerprint density at radius 1 is 1.45 bits per heavy atom. The van der Waals surface area contributed by atoms with Crippen LogP contribution in [0, 0.1) is 0 Å². The summed E-state index contributed by atoms with van der Waals surface area (Å²) in [6, 6.07) is 4.86. The molecule has 0 spiro atoms. The zero-order chi connectivity index (χ0) is 16.1. The quantitative estimate of drug-likeness (QED) is 0.741. The van der Waals surface area contributed by atoms with E-state index in [1.165, 1.54) is 10.7 Å². The number of hydrogen-bond acceptors (Lipinski definition) is 4. The van der Waals surface area contributed by atoms with Crippen LogP contribution in [0.5, 0.6) is 0 Å². The lowest BCUT2D eigenvalue weighted by Crippen LogP contribution is -2.27. The van der Waals surface area contributed by atoms with Crippen LogP contribution in [0.15, 0.2) is 29.0 Å². The minimum absolute atomic E-state index is 0.00466. The summed E-state index contributed by atoms with van der Waals surface area (Å²) in [4.78, 5) is 26.7. The first-order chi connectivity index (χ1) is 10.5. The second-order valence-corrected chi connectivity index (χ2v) is 5.55. The molecule has 22 heavy (non-hydrogen) atoms. The number of carbonyl (C=O) groups excluding carboxylic acids is 1. The predicted molar refractivity (Wildman–Crippen MR) is 83.3 cm³/mol. The van der Waals surface area contributed by atoms with Gasteiger partial charge in [0.25, 0.3) is 5.91 Å². The molecule has 1 amide bonds. The summed E-state index contributed by atoms with van der Waals surface area (Å²) in [5.41, 5.74) is 0.253. The number of aliphatic carboxylic acids is 1. The van der Waals surface area contributed by atoms with E-state index >= 15 is 0 Å². The Kier molecular flexibility index (Phi) is 5.51. The van der Waals surface area contributed by atoms with Crippen LogP contribution in [0.1, 0.15) is 23.3 Å². The SMILES string of the molecule is O=C(O)CCCNC(=O)c1cc(Br)nn1-c1ncccc1Cl.